The highest BCUT2D eigenvalue weighted by molar-refractivity contribution is 9.10. The SMILES string of the molecule is CCN(CC)S(=O)(=O)c1ccc(Br)c(C(=O)Nc2cc(Cl)ccc2F)c1. The Morgan fingerprint density at radius 1 is 1.19 bits per heavy atom. The molecule has 9 heteroatoms. The van der Waals surface area contributed by atoms with E-state index in [1.54, 1.807) is 13.8 Å². The first kappa shape index (κ1) is 20.8. The van der Waals surface area contributed by atoms with Crippen molar-refractivity contribution in [1.29, 1.82) is 0 Å². The predicted octanol–water partition coefficient (Wildman–Crippen LogP) is 4.52. The van der Waals surface area contributed by atoms with Gasteiger partial charge in [-0.2, -0.15) is 4.31 Å². The van der Waals surface area contributed by atoms with Crippen molar-refractivity contribution in [1.82, 2.24) is 4.31 Å². The van der Waals surface area contributed by atoms with E-state index in [1.165, 1.54) is 34.6 Å². The van der Waals surface area contributed by atoms with Crippen molar-refractivity contribution in [2.45, 2.75) is 18.7 Å². The second-order valence-electron chi connectivity index (χ2n) is 5.31. The first-order chi connectivity index (χ1) is 12.2. The zero-order valence-corrected chi connectivity index (χ0v) is 17.3. The van der Waals surface area contributed by atoms with Gasteiger partial charge in [-0.15, -0.1) is 0 Å². The van der Waals surface area contributed by atoms with Gasteiger partial charge < -0.3 is 5.32 Å². The van der Waals surface area contributed by atoms with Crippen LogP contribution in [-0.4, -0.2) is 31.7 Å². The van der Waals surface area contributed by atoms with E-state index in [1.807, 2.05) is 0 Å². The number of amides is 1. The number of halogens is 3. The molecule has 0 aromatic heterocycles. The summed E-state index contributed by atoms with van der Waals surface area (Å²) in [5.74, 6) is -1.31. The van der Waals surface area contributed by atoms with Crippen molar-refractivity contribution >= 4 is 49.1 Å². The third-order valence-corrected chi connectivity index (χ3v) is 6.67. The molecule has 1 amide bonds. The fourth-order valence-corrected chi connectivity index (χ4v) is 4.42. The Kier molecular flexibility index (Phi) is 6.79. The molecule has 5 nitrogen and oxygen atoms in total. The van der Waals surface area contributed by atoms with Crippen molar-refractivity contribution in [3.63, 3.8) is 0 Å². The summed E-state index contributed by atoms with van der Waals surface area (Å²) in [5.41, 5.74) is -0.0241. The van der Waals surface area contributed by atoms with Crippen LogP contribution in [0.5, 0.6) is 0 Å². The average molecular weight is 464 g/mol. The molecule has 0 radical (unpaired) electrons. The molecule has 0 aliphatic carbocycles. The Bertz CT molecular complexity index is 934. The molecule has 0 heterocycles. The smallest absolute Gasteiger partial charge is 0.256 e. The summed E-state index contributed by atoms with van der Waals surface area (Å²) in [6.07, 6.45) is 0. The summed E-state index contributed by atoms with van der Waals surface area (Å²) in [6.45, 7) is 4.08. The molecule has 140 valence electrons. The Morgan fingerprint density at radius 3 is 2.46 bits per heavy atom. The quantitative estimate of drug-likeness (QED) is 0.685. The van der Waals surface area contributed by atoms with Crippen LogP contribution < -0.4 is 5.32 Å². The lowest BCUT2D eigenvalue weighted by Crippen LogP contribution is -2.30. The van der Waals surface area contributed by atoms with Crippen molar-refractivity contribution in [3.05, 3.63) is 57.3 Å². The van der Waals surface area contributed by atoms with Crippen molar-refractivity contribution in [2.24, 2.45) is 0 Å². The van der Waals surface area contributed by atoms with Gasteiger partial charge in [-0.25, -0.2) is 12.8 Å². The molecule has 0 unspecified atom stereocenters. The second kappa shape index (κ2) is 8.47. The van der Waals surface area contributed by atoms with Crippen molar-refractivity contribution < 1.29 is 17.6 Å². The molecular weight excluding hydrogens is 447 g/mol. The van der Waals surface area contributed by atoms with Crippen LogP contribution in [0.15, 0.2) is 45.8 Å². The number of hydrogen-bond acceptors (Lipinski definition) is 3. The number of sulfonamides is 1. The molecule has 0 saturated carbocycles. The molecule has 2 aromatic carbocycles. The Hall–Kier alpha value is -1.48. The zero-order chi connectivity index (χ0) is 19.5. The maximum absolute atomic E-state index is 13.8. The summed E-state index contributed by atoms with van der Waals surface area (Å²) in [7, 11) is -3.72. The fourth-order valence-electron chi connectivity index (χ4n) is 2.33. The summed E-state index contributed by atoms with van der Waals surface area (Å²) < 4.78 is 40.8. The van der Waals surface area contributed by atoms with Crippen LogP contribution in [0.4, 0.5) is 10.1 Å². The molecule has 0 aliphatic heterocycles. The predicted molar refractivity (Wildman–Crippen MR) is 104 cm³/mol. The van der Waals surface area contributed by atoms with Crippen LogP contribution in [0.25, 0.3) is 0 Å². The molecule has 2 rings (SSSR count). The van der Waals surface area contributed by atoms with E-state index in [0.29, 0.717) is 17.6 Å². The largest absolute Gasteiger partial charge is 0.319 e. The van der Waals surface area contributed by atoms with Crippen LogP contribution in [0.2, 0.25) is 5.02 Å². The number of anilines is 1. The van der Waals surface area contributed by atoms with E-state index in [9.17, 15) is 17.6 Å². The highest BCUT2D eigenvalue weighted by Gasteiger charge is 2.24. The highest BCUT2D eigenvalue weighted by atomic mass is 79.9. The van der Waals surface area contributed by atoms with Gasteiger partial charge in [-0.3, -0.25) is 4.79 Å². The average Bonchev–Trinajstić information content (AvgIpc) is 2.59. The maximum atomic E-state index is 13.8. The first-order valence-corrected chi connectivity index (χ1v) is 10.4. The normalized spacial score (nSPS) is 11.6. The van der Waals surface area contributed by atoms with E-state index < -0.39 is 21.7 Å². The molecule has 0 fully saturated rings. The van der Waals surface area contributed by atoms with Crippen LogP contribution >= 0.6 is 27.5 Å². The highest BCUT2D eigenvalue weighted by Crippen LogP contribution is 2.26. The molecule has 1 N–H and O–H groups in total. The van der Waals surface area contributed by atoms with Gasteiger partial charge in [0.25, 0.3) is 5.91 Å². The van der Waals surface area contributed by atoms with E-state index in [2.05, 4.69) is 21.2 Å². The number of benzene rings is 2. The minimum absolute atomic E-state index is 0.0129. The topological polar surface area (TPSA) is 66.5 Å². The Morgan fingerprint density at radius 2 is 1.85 bits per heavy atom. The molecule has 26 heavy (non-hydrogen) atoms. The van der Waals surface area contributed by atoms with Gasteiger partial charge in [0, 0.05) is 22.6 Å². The molecule has 0 aliphatic rings. The molecule has 0 spiro atoms. The van der Waals surface area contributed by atoms with E-state index in [0.717, 1.165) is 6.07 Å². The lowest BCUT2D eigenvalue weighted by atomic mass is 10.2. The zero-order valence-electron chi connectivity index (χ0n) is 14.1. The van der Waals surface area contributed by atoms with Crippen LogP contribution in [-0.2, 0) is 10.0 Å². The molecule has 0 atom stereocenters. The third kappa shape index (κ3) is 4.43. The molecule has 0 bridgehead atoms. The molecule has 0 saturated heterocycles. The number of nitrogens with one attached hydrogen (secondary N) is 1. The molecular formula is C17H17BrClFN2O3S. The van der Waals surface area contributed by atoms with Gasteiger partial charge in [-0.05, 0) is 52.3 Å². The first-order valence-electron chi connectivity index (χ1n) is 7.76. The number of carbonyl (C=O) groups excluding carboxylic acids is 1. The fraction of sp³-hybridized carbons (Fsp3) is 0.235. The number of hydrogen-bond donors (Lipinski definition) is 1. The van der Waals surface area contributed by atoms with Gasteiger partial charge in [0.2, 0.25) is 10.0 Å². The summed E-state index contributed by atoms with van der Waals surface area (Å²) in [4.78, 5) is 12.5. The van der Waals surface area contributed by atoms with Crippen LogP contribution in [0, 0.1) is 5.82 Å². The molecule has 2 aromatic rings. The van der Waals surface area contributed by atoms with Crippen LogP contribution in [0.3, 0.4) is 0 Å². The van der Waals surface area contributed by atoms with Crippen LogP contribution in [0.1, 0.15) is 24.2 Å². The van der Waals surface area contributed by atoms with E-state index in [4.69, 9.17) is 11.6 Å². The lowest BCUT2D eigenvalue weighted by molar-refractivity contribution is 0.102. The van der Waals surface area contributed by atoms with Crippen molar-refractivity contribution in [3.8, 4) is 0 Å². The summed E-state index contributed by atoms with van der Waals surface area (Å²) in [5, 5.41) is 2.67. The van der Waals surface area contributed by atoms with E-state index in [-0.39, 0.29) is 21.2 Å². The Labute approximate surface area is 165 Å². The van der Waals surface area contributed by atoms with Gasteiger partial charge in [0.15, 0.2) is 0 Å². The van der Waals surface area contributed by atoms with Gasteiger partial charge >= 0.3 is 0 Å². The third-order valence-electron chi connectivity index (χ3n) is 3.70. The number of nitrogens with zero attached hydrogens (tertiary/aromatic N) is 1. The van der Waals surface area contributed by atoms with Gasteiger partial charge in [0.1, 0.15) is 5.82 Å². The minimum atomic E-state index is -3.72. The Balaban J connectivity index is 2.41. The van der Waals surface area contributed by atoms with Gasteiger partial charge in [0.05, 0.1) is 16.1 Å². The monoisotopic (exact) mass is 462 g/mol. The number of carbonyl (C=O) groups is 1. The minimum Gasteiger partial charge on any atom is -0.319 e. The van der Waals surface area contributed by atoms with Gasteiger partial charge in [-0.1, -0.05) is 25.4 Å². The summed E-state index contributed by atoms with van der Waals surface area (Å²) in [6, 6.07) is 7.91. The lowest BCUT2D eigenvalue weighted by Gasteiger charge is -2.19. The standard InChI is InChI=1S/C17H17BrClFN2O3S/c1-3-22(4-2)26(24,25)12-6-7-14(18)13(10-12)17(23)21-16-9-11(19)5-8-15(16)20/h5-10H,3-4H2,1-2H3,(H,21,23). The van der Waals surface area contributed by atoms with Crippen molar-refractivity contribution in [2.75, 3.05) is 18.4 Å². The number of rotatable bonds is 6. The maximum Gasteiger partial charge on any atom is 0.256 e. The second-order valence-corrected chi connectivity index (χ2v) is 8.54. The summed E-state index contributed by atoms with van der Waals surface area (Å²) >= 11 is 9.04. The van der Waals surface area contributed by atoms with E-state index >= 15 is 0 Å².